The Labute approximate surface area is 184 Å². The lowest BCUT2D eigenvalue weighted by Gasteiger charge is -2.10. The molecule has 1 heterocycles. The van der Waals surface area contributed by atoms with Gasteiger partial charge in [-0.15, -0.1) is 0 Å². The molecule has 1 aliphatic rings. The van der Waals surface area contributed by atoms with Crippen LogP contribution in [0.2, 0.25) is 5.02 Å². The molecule has 0 bridgehead atoms. The Kier molecular flexibility index (Phi) is 5.78. The summed E-state index contributed by atoms with van der Waals surface area (Å²) in [5.74, 6) is 1.00. The van der Waals surface area contributed by atoms with Crippen LogP contribution in [0.5, 0.6) is 17.2 Å². The molecule has 0 amide bonds. The van der Waals surface area contributed by atoms with Crippen molar-refractivity contribution in [2.75, 3.05) is 7.11 Å². The van der Waals surface area contributed by atoms with Gasteiger partial charge in [0.2, 0.25) is 5.78 Å². The predicted octanol–water partition coefficient (Wildman–Crippen LogP) is 5.42. The molecule has 4 rings (SSSR count). The van der Waals surface area contributed by atoms with E-state index in [1.165, 1.54) is 0 Å². The fourth-order valence-electron chi connectivity index (χ4n) is 3.29. The van der Waals surface area contributed by atoms with Gasteiger partial charge in [-0.2, -0.15) is 0 Å². The summed E-state index contributed by atoms with van der Waals surface area (Å²) < 4.78 is 16.6. The summed E-state index contributed by atoms with van der Waals surface area (Å²) in [7, 11) is 1.58. The number of ether oxygens (including phenoxy) is 3. The first-order valence-electron chi connectivity index (χ1n) is 9.61. The van der Waals surface area contributed by atoms with Crippen LogP contribution in [0.1, 0.15) is 27.0 Å². The quantitative estimate of drug-likeness (QED) is 0.305. The van der Waals surface area contributed by atoms with Gasteiger partial charge in [0.25, 0.3) is 0 Å². The van der Waals surface area contributed by atoms with Gasteiger partial charge in [0.15, 0.2) is 5.76 Å². The summed E-state index contributed by atoms with van der Waals surface area (Å²) in [5.41, 5.74) is 2.60. The number of rotatable bonds is 5. The molecule has 0 aliphatic carbocycles. The van der Waals surface area contributed by atoms with Crippen molar-refractivity contribution >= 4 is 29.4 Å². The zero-order chi connectivity index (χ0) is 22.0. The highest BCUT2D eigenvalue weighted by molar-refractivity contribution is 6.30. The highest BCUT2D eigenvalue weighted by Crippen LogP contribution is 2.39. The second-order valence-electron chi connectivity index (χ2n) is 7.06. The number of hydrogen-bond acceptors (Lipinski definition) is 5. The zero-order valence-electron chi connectivity index (χ0n) is 17.0. The van der Waals surface area contributed by atoms with Gasteiger partial charge >= 0.3 is 5.97 Å². The minimum atomic E-state index is -0.415. The fourth-order valence-corrected chi connectivity index (χ4v) is 3.41. The minimum absolute atomic E-state index is 0.106. The second-order valence-corrected chi connectivity index (χ2v) is 7.50. The van der Waals surface area contributed by atoms with Crippen molar-refractivity contribution in [1.29, 1.82) is 0 Å². The van der Waals surface area contributed by atoms with Crippen LogP contribution >= 0.6 is 11.6 Å². The first-order chi connectivity index (χ1) is 14.9. The van der Waals surface area contributed by atoms with Gasteiger partial charge in [-0.3, -0.25) is 9.59 Å². The van der Waals surface area contributed by atoms with Crippen molar-refractivity contribution in [3.63, 3.8) is 0 Å². The Balaban J connectivity index is 1.53. The maximum Gasteiger partial charge on any atom is 0.315 e. The molecule has 1 aliphatic heterocycles. The molecule has 0 saturated carbocycles. The highest BCUT2D eigenvalue weighted by atomic mass is 35.5. The topological polar surface area (TPSA) is 61.8 Å². The molecule has 6 heteroatoms. The van der Waals surface area contributed by atoms with Gasteiger partial charge in [0.05, 0.1) is 19.1 Å². The van der Waals surface area contributed by atoms with Crippen LogP contribution in [0.25, 0.3) is 6.08 Å². The van der Waals surface area contributed by atoms with Crippen molar-refractivity contribution < 1.29 is 23.8 Å². The average molecular weight is 435 g/mol. The number of carbonyl (C=O) groups excluding carboxylic acids is 2. The summed E-state index contributed by atoms with van der Waals surface area (Å²) in [4.78, 5) is 25.1. The molecular weight excluding hydrogens is 416 g/mol. The van der Waals surface area contributed by atoms with Crippen molar-refractivity contribution in [1.82, 2.24) is 0 Å². The number of methoxy groups -OCH3 is 1. The van der Waals surface area contributed by atoms with Gasteiger partial charge in [-0.1, -0.05) is 35.9 Å². The predicted molar refractivity (Wildman–Crippen MR) is 118 cm³/mol. The highest BCUT2D eigenvalue weighted by Gasteiger charge is 2.30. The summed E-state index contributed by atoms with van der Waals surface area (Å²) in [5, 5.41) is 0.603. The lowest BCUT2D eigenvalue weighted by molar-refractivity contribution is -0.133. The van der Waals surface area contributed by atoms with Crippen LogP contribution in [0, 0.1) is 6.92 Å². The molecule has 31 heavy (non-hydrogen) atoms. The van der Waals surface area contributed by atoms with Gasteiger partial charge in [-0.25, -0.2) is 0 Å². The SMILES string of the molecule is COc1cccc(/C=C2\Oc3c(ccc(OC(=O)Cc4ccc(Cl)cc4)c3C)C2=O)c1. The number of halogens is 1. The molecule has 0 radical (unpaired) electrons. The number of allylic oxidation sites excluding steroid dienone is 1. The van der Waals surface area contributed by atoms with Crippen LogP contribution in [0.15, 0.2) is 66.4 Å². The number of fused-ring (bicyclic) bond motifs is 1. The second kappa shape index (κ2) is 8.66. The summed E-state index contributed by atoms with van der Waals surface area (Å²) in [6, 6.07) is 17.5. The molecule has 0 unspecified atom stereocenters. The van der Waals surface area contributed by atoms with Gasteiger partial charge < -0.3 is 14.2 Å². The van der Waals surface area contributed by atoms with Crippen LogP contribution in [0.3, 0.4) is 0 Å². The maximum atomic E-state index is 12.8. The van der Waals surface area contributed by atoms with Crippen LogP contribution in [0.4, 0.5) is 0 Å². The lowest BCUT2D eigenvalue weighted by atomic mass is 10.1. The van der Waals surface area contributed by atoms with E-state index in [4.69, 9.17) is 25.8 Å². The molecule has 0 saturated heterocycles. The van der Waals surface area contributed by atoms with Crippen molar-refractivity contribution in [3.05, 3.63) is 93.7 Å². The third kappa shape index (κ3) is 4.47. The molecule has 0 spiro atoms. The Bertz CT molecular complexity index is 1200. The van der Waals surface area contributed by atoms with E-state index in [1.807, 2.05) is 24.3 Å². The number of ketones is 1. The van der Waals surface area contributed by atoms with Crippen LogP contribution in [-0.4, -0.2) is 18.9 Å². The molecular formula is C25H19ClO5. The molecule has 3 aromatic rings. The molecule has 156 valence electrons. The Morgan fingerprint density at radius 1 is 1.10 bits per heavy atom. The van der Waals surface area contributed by atoms with Crippen molar-refractivity contribution in [2.45, 2.75) is 13.3 Å². The summed E-state index contributed by atoms with van der Waals surface area (Å²) >= 11 is 5.87. The maximum absolute atomic E-state index is 12.8. The zero-order valence-corrected chi connectivity index (χ0v) is 17.7. The Morgan fingerprint density at radius 3 is 2.61 bits per heavy atom. The van der Waals surface area contributed by atoms with E-state index >= 15 is 0 Å². The van der Waals surface area contributed by atoms with Gasteiger partial charge in [0, 0.05) is 10.6 Å². The smallest absolute Gasteiger partial charge is 0.315 e. The monoisotopic (exact) mass is 434 g/mol. The standard InChI is InChI=1S/C25H19ClO5/c1-15-21(30-23(27)14-16-6-8-18(26)9-7-16)11-10-20-24(28)22(31-25(15)20)13-17-4-3-5-19(12-17)29-2/h3-13H,14H2,1-2H3/b22-13-. The first kappa shape index (κ1) is 20.7. The minimum Gasteiger partial charge on any atom is -0.497 e. The van der Waals surface area contributed by atoms with E-state index in [0.717, 1.165) is 11.1 Å². The van der Waals surface area contributed by atoms with Crippen molar-refractivity contribution in [2.24, 2.45) is 0 Å². The van der Waals surface area contributed by atoms with E-state index in [1.54, 1.807) is 56.5 Å². The Hall–Kier alpha value is -3.57. The number of Topliss-reactive ketones (excluding diaryl/α,β-unsaturated/α-hetero) is 1. The van der Waals surface area contributed by atoms with Crippen LogP contribution < -0.4 is 14.2 Å². The summed E-state index contributed by atoms with van der Waals surface area (Å²) in [6.07, 6.45) is 1.77. The molecule has 0 atom stereocenters. The van der Waals surface area contributed by atoms with Crippen LogP contribution in [-0.2, 0) is 11.2 Å². The summed E-state index contributed by atoms with van der Waals surface area (Å²) in [6.45, 7) is 1.76. The third-order valence-electron chi connectivity index (χ3n) is 4.91. The first-order valence-corrected chi connectivity index (χ1v) is 9.99. The molecule has 0 N–H and O–H groups in total. The van der Waals surface area contributed by atoms with E-state index in [2.05, 4.69) is 0 Å². The number of benzene rings is 3. The number of carbonyl (C=O) groups is 2. The average Bonchev–Trinajstić information content (AvgIpc) is 3.08. The van der Waals surface area contributed by atoms with Crippen molar-refractivity contribution in [3.8, 4) is 17.2 Å². The number of esters is 1. The fraction of sp³-hybridized carbons (Fsp3) is 0.120. The molecule has 0 fully saturated rings. The number of hydrogen-bond donors (Lipinski definition) is 0. The van der Waals surface area contributed by atoms with E-state index in [-0.39, 0.29) is 18.0 Å². The molecule has 5 nitrogen and oxygen atoms in total. The third-order valence-corrected chi connectivity index (χ3v) is 5.17. The van der Waals surface area contributed by atoms with E-state index in [9.17, 15) is 9.59 Å². The molecule has 0 aromatic heterocycles. The lowest BCUT2D eigenvalue weighted by Crippen LogP contribution is -2.12. The Morgan fingerprint density at radius 2 is 1.87 bits per heavy atom. The van der Waals surface area contributed by atoms with E-state index < -0.39 is 5.97 Å². The van der Waals surface area contributed by atoms with Gasteiger partial charge in [0.1, 0.15) is 17.2 Å². The largest absolute Gasteiger partial charge is 0.497 e. The normalized spacial score (nSPS) is 13.6. The van der Waals surface area contributed by atoms with E-state index in [0.29, 0.717) is 33.4 Å². The van der Waals surface area contributed by atoms with Gasteiger partial charge in [-0.05, 0) is 60.5 Å². The molecule has 3 aromatic carbocycles.